The van der Waals surface area contributed by atoms with Crippen molar-refractivity contribution in [1.29, 1.82) is 0 Å². The van der Waals surface area contributed by atoms with Crippen molar-refractivity contribution in [2.45, 2.75) is 45.6 Å². The van der Waals surface area contributed by atoms with E-state index < -0.39 is 0 Å². The van der Waals surface area contributed by atoms with Gasteiger partial charge in [-0.3, -0.25) is 4.90 Å². The maximum Gasteiger partial charge on any atom is 0.0110 e. The number of nitrogens with one attached hydrogen (secondary N) is 1. The van der Waals surface area contributed by atoms with E-state index in [-0.39, 0.29) is 0 Å². The van der Waals surface area contributed by atoms with Gasteiger partial charge in [0.15, 0.2) is 0 Å². The maximum atomic E-state index is 3.50. The maximum absolute atomic E-state index is 3.50. The van der Waals surface area contributed by atoms with Gasteiger partial charge in [-0.2, -0.15) is 0 Å². The second kappa shape index (κ2) is 5.31. The minimum absolute atomic E-state index is 0.878. The molecule has 88 valence electrons. The Morgan fingerprint density at radius 3 is 2.40 bits per heavy atom. The van der Waals surface area contributed by atoms with Crippen molar-refractivity contribution < 1.29 is 0 Å². The van der Waals surface area contributed by atoms with Crippen molar-refractivity contribution in [2.24, 2.45) is 11.8 Å². The standard InChI is InChI=1S/C13H26N2/c1-11-8-12(2)10-13(9-11)15-6-3-4-14-5-7-15/h11-14H,3-10H2,1-2H3. The third-order valence-corrected chi connectivity index (χ3v) is 4.04. The summed E-state index contributed by atoms with van der Waals surface area (Å²) in [5.74, 6) is 1.88. The summed E-state index contributed by atoms with van der Waals surface area (Å²) >= 11 is 0. The van der Waals surface area contributed by atoms with Gasteiger partial charge in [0.2, 0.25) is 0 Å². The van der Waals surface area contributed by atoms with Gasteiger partial charge in [0.25, 0.3) is 0 Å². The van der Waals surface area contributed by atoms with E-state index in [1.54, 1.807) is 0 Å². The zero-order valence-corrected chi connectivity index (χ0v) is 10.3. The van der Waals surface area contributed by atoms with Crippen LogP contribution in [0.25, 0.3) is 0 Å². The Balaban J connectivity index is 1.89. The lowest BCUT2D eigenvalue weighted by Crippen LogP contribution is -2.42. The molecule has 1 heterocycles. The van der Waals surface area contributed by atoms with Crippen molar-refractivity contribution in [3.8, 4) is 0 Å². The second-order valence-electron chi connectivity index (χ2n) is 5.71. The van der Waals surface area contributed by atoms with Crippen molar-refractivity contribution in [3.63, 3.8) is 0 Å². The molecule has 2 rings (SSSR count). The lowest BCUT2D eigenvalue weighted by molar-refractivity contribution is 0.116. The van der Waals surface area contributed by atoms with E-state index in [9.17, 15) is 0 Å². The van der Waals surface area contributed by atoms with Gasteiger partial charge in [0.1, 0.15) is 0 Å². The van der Waals surface area contributed by atoms with E-state index >= 15 is 0 Å². The molecule has 15 heavy (non-hydrogen) atoms. The topological polar surface area (TPSA) is 15.3 Å². The molecule has 1 saturated carbocycles. The third kappa shape index (κ3) is 3.18. The Bertz CT molecular complexity index is 175. The van der Waals surface area contributed by atoms with Crippen LogP contribution in [0, 0.1) is 11.8 Å². The van der Waals surface area contributed by atoms with Gasteiger partial charge in [-0.05, 0) is 50.6 Å². The number of hydrogen-bond donors (Lipinski definition) is 1. The van der Waals surface area contributed by atoms with Gasteiger partial charge >= 0.3 is 0 Å². The molecule has 0 aromatic rings. The minimum atomic E-state index is 0.878. The van der Waals surface area contributed by atoms with Gasteiger partial charge in [0.05, 0.1) is 0 Å². The van der Waals surface area contributed by atoms with Crippen LogP contribution in [0.5, 0.6) is 0 Å². The van der Waals surface area contributed by atoms with Crippen LogP contribution in [0.4, 0.5) is 0 Å². The SMILES string of the molecule is CC1CC(C)CC(N2CCCNCC2)C1. The molecule has 2 unspecified atom stereocenters. The summed E-state index contributed by atoms with van der Waals surface area (Å²) in [6.45, 7) is 9.85. The highest BCUT2D eigenvalue weighted by molar-refractivity contribution is 4.83. The van der Waals surface area contributed by atoms with Gasteiger partial charge in [0, 0.05) is 19.1 Å². The summed E-state index contributed by atoms with van der Waals surface area (Å²) < 4.78 is 0. The molecule has 2 heteroatoms. The Kier molecular flexibility index (Phi) is 4.04. The molecule has 1 aliphatic carbocycles. The zero-order chi connectivity index (χ0) is 10.7. The lowest BCUT2D eigenvalue weighted by Gasteiger charge is -2.38. The minimum Gasteiger partial charge on any atom is -0.315 e. The molecule has 0 radical (unpaired) electrons. The highest BCUT2D eigenvalue weighted by atomic mass is 15.2. The summed E-state index contributed by atoms with van der Waals surface area (Å²) in [6.07, 6.45) is 5.65. The molecule has 2 nitrogen and oxygen atoms in total. The molecule has 1 N–H and O–H groups in total. The second-order valence-corrected chi connectivity index (χ2v) is 5.71. The molecule has 2 aliphatic rings. The van der Waals surface area contributed by atoms with E-state index in [4.69, 9.17) is 0 Å². The van der Waals surface area contributed by atoms with E-state index in [1.807, 2.05) is 0 Å². The smallest absolute Gasteiger partial charge is 0.0110 e. The van der Waals surface area contributed by atoms with E-state index in [1.165, 1.54) is 51.9 Å². The highest BCUT2D eigenvalue weighted by Gasteiger charge is 2.28. The van der Waals surface area contributed by atoms with Crippen LogP contribution in [0.1, 0.15) is 39.5 Å². The fraction of sp³-hybridized carbons (Fsp3) is 1.00. The fourth-order valence-electron chi connectivity index (χ4n) is 3.43. The summed E-state index contributed by atoms with van der Waals surface area (Å²) in [5.41, 5.74) is 0. The molecule has 0 aromatic carbocycles. The highest BCUT2D eigenvalue weighted by Crippen LogP contribution is 2.31. The third-order valence-electron chi connectivity index (χ3n) is 4.04. The van der Waals surface area contributed by atoms with Crippen LogP contribution in [-0.4, -0.2) is 37.1 Å². The lowest BCUT2D eigenvalue weighted by atomic mass is 9.80. The molecule has 2 fully saturated rings. The van der Waals surface area contributed by atoms with Crippen LogP contribution in [0.15, 0.2) is 0 Å². The first kappa shape index (κ1) is 11.4. The van der Waals surface area contributed by atoms with E-state index in [0.29, 0.717) is 0 Å². The summed E-state index contributed by atoms with van der Waals surface area (Å²) in [4.78, 5) is 2.74. The van der Waals surface area contributed by atoms with Gasteiger partial charge < -0.3 is 5.32 Å². The van der Waals surface area contributed by atoms with Crippen LogP contribution < -0.4 is 5.32 Å². The van der Waals surface area contributed by atoms with Gasteiger partial charge in [-0.1, -0.05) is 13.8 Å². The van der Waals surface area contributed by atoms with Crippen LogP contribution in [-0.2, 0) is 0 Å². The first-order chi connectivity index (χ1) is 7.25. The molecule has 1 aliphatic heterocycles. The van der Waals surface area contributed by atoms with Crippen molar-refractivity contribution in [2.75, 3.05) is 26.2 Å². The van der Waals surface area contributed by atoms with E-state index in [2.05, 4.69) is 24.1 Å². The summed E-state index contributed by atoms with van der Waals surface area (Å²) in [7, 11) is 0. The van der Waals surface area contributed by atoms with Gasteiger partial charge in [-0.25, -0.2) is 0 Å². The van der Waals surface area contributed by atoms with Crippen LogP contribution in [0.2, 0.25) is 0 Å². The van der Waals surface area contributed by atoms with Crippen molar-refractivity contribution >= 4 is 0 Å². The summed E-state index contributed by atoms with van der Waals surface area (Å²) in [5, 5.41) is 3.50. The first-order valence-corrected chi connectivity index (χ1v) is 6.70. The number of nitrogens with zero attached hydrogens (tertiary/aromatic N) is 1. The molecular weight excluding hydrogens is 184 g/mol. The average molecular weight is 210 g/mol. The normalized spacial score (nSPS) is 40.0. The number of hydrogen-bond acceptors (Lipinski definition) is 2. The fourth-order valence-corrected chi connectivity index (χ4v) is 3.43. The molecule has 0 spiro atoms. The van der Waals surface area contributed by atoms with Gasteiger partial charge in [-0.15, -0.1) is 0 Å². The summed E-state index contributed by atoms with van der Waals surface area (Å²) in [6, 6.07) is 0.878. The molecule has 2 atom stereocenters. The Morgan fingerprint density at radius 1 is 0.933 bits per heavy atom. The van der Waals surface area contributed by atoms with Crippen molar-refractivity contribution in [3.05, 3.63) is 0 Å². The van der Waals surface area contributed by atoms with Crippen LogP contribution >= 0.6 is 0 Å². The molecule has 0 aromatic heterocycles. The molecule has 1 saturated heterocycles. The predicted molar refractivity (Wildman–Crippen MR) is 65.0 cm³/mol. The zero-order valence-electron chi connectivity index (χ0n) is 10.3. The van der Waals surface area contributed by atoms with E-state index in [0.717, 1.165) is 17.9 Å². The molecule has 0 amide bonds. The first-order valence-electron chi connectivity index (χ1n) is 6.70. The Labute approximate surface area is 94.4 Å². The van der Waals surface area contributed by atoms with Crippen molar-refractivity contribution in [1.82, 2.24) is 10.2 Å². The Morgan fingerprint density at radius 2 is 1.67 bits per heavy atom. The largest absolute Gasteiger partial charge is 0.315 e. The quantitative estimate of drug-likeness (QED) is 0.713. The molecule has 0 bridgehead atoms. The average Bonchev–Trinajstić information content (AvgIpc) is 2.43. The predicted octanol–water partition coefficient (Wildman–Crippen LogP) is 2.11. The number of rotatable bonds is 1. The monoisotopic (exact) mass is 210 g/mol. The van der Waals surface area contributed by atoms with Crippen LogP contribution in [0.3, 0.4) is 0 Å². The molecular formula is C13H26N2. The Hall–Kier alpha value is -0.0800.